The molecule has 0 unspecified atom stereocenters. The molecule has 0 atom stereocenters. The van der Waals surface area contributed by atoms with Gasteiger partial charge in [0.05, 0.1) is 5.71 Å². The molecule has 5 N–H and O–H groups in total. The highest BCUT2D eigenvalue weighted by Crippen LogP contribution is 2.31. The van der Waals surface area contributed by atoms with Crippen molar-refractivity contribution in [3.8, 4) is 0 Å². The van der Waals surface area contributed by atoms with Gasteiger partial charge in [0.2, 0.25) is 0 Å². The van der Waals surface area contributed by atoms with Crippen LogP contribution in [0.4, 0.5) is 0 Å². The minimum atomic E-state index is -0.146. The van der Waals surface area contributed by atoms with E-state index in [9.17, 15) is 0 Å². The second-order valence-corrected chi connectivity index (χ2v) is 4.99. The van der Waals surface area contributed by atoms with Crippen LogP contribution in [0.2, 0.25) is 0 Å². The van der Waals surface area contributed by atoms with Gasteiger partial charge in [-0.05, 0) is 24.1 Å². The second kappa shape index (κ2) is 5.09. The molecule has 0 aromatic heterocycles. The fourth-order valence-electron chi connectivity index (χ4n) is 1.72. The first-order valence-corrected chi connectivity index (χ1v) is 5.36. The van der Waals surface area contributed by atoms with Crippen molar-refractivity contribution in [3.63, 3.8) is 0 Å². The van der Waals surface area contributed by atoms with Gasteiger partial charge in [-0.25, -0.2) is 0 Å². The standard InChI is InChI=1S/C9H15N5O2S/c1-9(2)3-5(11-12-8(10)17)7(14-16)6(4-9)13-15/h15-16H,3-4H2,1-2H3,(H3,10,12,17)/b11-5-,13-6+,14-7-. The predicted octanol–water partition coefficient (Wildman–Crippen LogP) is 0.656. The van der Waals surface area contributed by atoms with Gasteiger partial charge in [0, 0.05) is 6.42 Å². The highest BCUT2D eigenvalue weighted by Gasteiger charge is 2.35. The Morgan fingerprint density at radius 3 is 2.35 bits per heavy atom. The van der Waals surface area contributed by atoms with Gasteiger partial charge in [-0.3, -0.25) is 5.43 Å². The van der Waals surface area contributed by atoms with Crippen molar-refractivity contribution in [2.45, 2.75) is 26.7 Å². The summed E-state index contributed by atoms with van der Waals surface area (Å²) >= 11 is 4.63. The second-order valence-electron chi connectivity index (χ2n) is 4.55. The lowest BCUT2D eigenvalue weighted by atomic mass is 9.74. The Labute approximate surface area is 104 Å². The first-order valence-electron chi connectivity index (χ1n) is 4.95. The fourth-order valence-corrected chi connectivity index (χ4v) is 1.76. The summed E-state index contributed by atoms with van der Waals surface area (Å²) in [4.78, 5) is 0. The number of nitrogens with one attached hydrogen (secondary N) is 1. The lowest BCUT2D eigenvalue weighted by Gasteiger charge is -2.30. The number of oxime groups is 2. The number of nitrogens with zero attached hydrogens (tertiary/aromatic N) is 3. The number of thiocarbonyl (C=S) groups is 1. The number of nitrogens with two attached hydrogens (primary N) is 1. The van der Waals surface area contributed by atoms with E-state index in [2.05, 4.69) is 33.1 Å². The maximum absolute atomic E-state index is 8.92. The molecule has 1 fully saturated rings. The van der Waals surface area contributed by atoms with E-state index < -0.39 is 0 Å². The SMILES string of the molecule is CC1(C)CC(=N/NC(N)=S)/C(=N/O)C(=N/O)/C1. The van der Waals surface area contributed by atoms with Gasteiger partial charge in [-0.1, -0.05) is 24.2 Å². The summed E-state index contributed by atoms with van der Waals surface area (Å²) in [5.41, 5.74) is 8.43. The smallest absolute Gasteiger partial charge is 0.184 e. The van der Waals surface area contributed by atoms with Crippen molar-refractivity contribution in [3.05, 3.63) is 0 Å². The van der Waals surface area contributed by atoms with Crippen LogP contribution in [0, 0.1) is 5.41 Å². The number of hydrogen-bond acceptors (Lipinski definition) is 6. The van der Waals surface area contributed by atoms with Crippen LogP contribution in [0.25, 0.3) is 0 Å². The average Bonchev–Trinajstić information content (AvgIpc) is 2.24. The summed E-state index contributed by atoms with van der Waals surface area (Å²) < 4.78 is 0. The molecule has 0 heterocycles. The van der Waals surface area contributed by atoms with Gasteiger partial charge in [0.25, 0.3) is 0 Å². The zero-order valence-electron chi connectivity index (χ0n) is 9.64. The van der Waals surface area contributed by atoms with Crippen molar-refractivity contribution in [1.82, 2.24) is 5.43 Å². The van der Waals surface area contributed by atoms with E-state index >= 15 is 0 Å². The molecular formula is C9H15N5O2S. The third-order valence-corrected chi connectivity index (χ3v) is 2.45. The van der Waals surface area contributed by atoms with E-state index in [4.69, 9.17) is 16.1 Å². The van der Waals surface area contributed by atoms with Gasteiger partial charge in [0.1, 0.15) is 5.71 Å². The van der Waals surface area contributed by atoms with Crippen molar-refractivity contribution >= 4 is 34.5 Å². The van der Waals surface area contributed by atoms with Gasteiger partial charge in [-0.2, -0.15) is 5.10 Å². The molecule has 0 saturated heterocycles. The summed E-state index contributed by atoms with van der Waals surface area (Å²) in [6.45, 7) is 3.98. The van der Waals surface area contributed by atoms with Gasteiger partial charge in [0.15, 0.2) is 10.8 Å². The van der Waals surface area contributed by atoms with Crippen LogP contribution in [-0.4, -0.2) is 32.7 Å². The van der Waals surface area contributed by atoms with Gasteiger partial charge in [-0.15, -0.1) is 0 Å². The third-order valence-electron chi connectivity index (χ3n) is 2.36. The van der Waals surface area contributed by atoms with Crippen LogP contribution in [0.3, 0.4) is 0 Å². The summed E-state index contributed by atoms with van der Waals surface area (Å²) in [7, 11) is 0. The van der Waals surface area contributed by atoms with E-state index in [-0.39, 0.29) is 22.0 Å². The van der Waals surface area contributed by atoms with Gasteiger partial charge < -0.3 is 16.1 Å². The monoisotopic (exact) mass is 257 g/mol. The zero-order valence-corrected chi connectivity index (χ0v) is 10.5. The van der Waals surface area contributed by atoms with E-state index in [0.717, 1.165) is 0 Å². The number of rotatable bonds is 1. The van der Waals surface area contributed by atoms with Crippen LogP contribution < -0.4 is 11.2 Å². The zero-order chi connectivity index (χ0) is 13.1. The van der Waals surface area contributed by atoms with Crippen molar-refractivity contribution in [1.29, 1.82) is 0 Å². The molecule has 0 aromatic rings. The summed E-state index contributed by atoms with van der Waals surface area (Å²) in [5, 5.41) is 28.0. The van der Waals surface area contributed by atoms with E-state index in [1.165, 1.54) is 0 Å². The molecule has 0 amide bonds. The third kappa shape index (κ3) is 3.38. The quantitative estimate of drug-likeness (QED) is 0.313. The molecule has 0 aliphatic heterocycles. The van der Waals surface area contributed by atoms with Crippen LogP contribution in [0.5, 0.6) is 0 Å². The van der Waals surface area contributed by atoms with Crippen LogP contribution in [0.15, 0.2) is 15.4 Å². The van der Waals surface area contributed by atoms with E-state index in [1.807, 2.05) is 13.8 Å². The molecule has 1 saturated carbocycles. The Morgan fingerprint density at radius 1 is 1.29 bits per heavy atom. The normalized spacial score (nSPS) is 26.4. The Balaban J connectivity index is 3.08. The first-order chi connectivity index (χ1) is 7.89. The van der Waals surface area contributed by atoms with Crippen molar-refractivity contribution in [2.24, 2.45) is 26.6 Å². The Hall–Kier alpha value is -1.70. The van der Waals surface area contributed by atoms with Crippen LogP contribution >= 0.6 is 12.2 Å². The van der Waals surface area contributed by atoms with E-state index in [1.54, 1.807) is 0 Å². The highest BCUT2D eigenvalue weighted by molar-refractivity contribution is 7.80. The Morgan fingerprint density at radius 2 is 1.88 bits per heavy atom. The van der Waals surface area contributed by atoms with Crippen LogP contribution in [-0.2, 0) is 0 Å². The molecular weight excluding hydrogens is 242 g/mol. The van der Waals surface area contributed by atoms with Crippen molar-refractivity contribution in [2.75, 3.05) is 0 Å². The molecule has 1 aliphatic carbocycles. The lowest BCUT2D eigenvalue weighted by molar-refractivity contribution is 0.306. The summed E-state index contributed by atoms with van der Waals surface area (Å²) in [5.74, 6) is 0. The molecule has 17 heavy (non-hydrogen) atoms. The number of hydrogen-bond donors (Lipinski definition) is 4. The predicted molar refractivity (Wildman–Crippen MR) is 68.8 cm³/mol. The fraction of sp³-hybridized carbons (Fsp3) is 0.556. The number of hydrazone groups is 1. The summed E-state index contributed by atoms with van der Waals surface area (Å²) in [6.07, 6.45) is 1.05. The summed E-state index contributed by atoms with van der Waals surface area (Å²) in [6, 6.07) is 0. The Kier molecular flexibility index (Phi) is 4.00. The highest BCUT2D eigenvalue weighted by atomic mass is 32.1. The molecule has 8 heteroatoms. The van der Waals surface area contributed by atoms with Crippen LogP contribution in [0.1, 0.15) is 26.7 Å². The largest absolute Gasteiger partial charge is 0.411 e. The Bertz CT molecular complexity index is 414. The topological polar surface area (TPSA) is 116 Å². The molecule has 1 aliphatic rings. The molecule has 7 nitrogen and oxygen atoms in total. The maximum Gasteiger partial charge on any atom is 0.184 e. The average molecular weight is 257 g/mol. The first kappa shape index (κ1) is 13.4. The molecule has 1 rings (SSSR count). The molecule has 0 bridgehead atoms. The van der Waals surface area contributed by atoms with E-state index in [0.29, 0.717) is 18.6 Å². The minimum Gasteiger partial charge on any atom is -0.411 e. The maximum atomic E-state index is 8.92. The lowest BCUT2D eigenvalue weighted by Crippen LogP contribution is -2.40. The van der Waals surface area contributed by atoms with Crippen molar-refractivity contribution < 1.29 is 10.4 Å². The molecule has 94 valence electrons. The molecule has 0 spiro atoms. The molecule has 0 aromatic carbocycles. The van der Waals surface area contributed by atoms with Gasteiger partial charge >= 0.3 is 0 Å². The minimum absolute atomic E-state index is 0.0145. The molecule has 0 radical (unpaired) electrons.